The van der Waals surface area contributed by atoms with Gasteiger partial charge in [0, 0.05) is 17.8 Å². The Hall–Kier alpha value is -1.71. The van der Waals surface area contributed by atoms with Crippen LogP contribution in [0.2, 0.25) is 0 Å². The molecule has 0 amide bonds. The van der Waals surface area contributed by atoms with Crippen molar-refractivity contribution in [3.63, 3.8) is 0 Å². The van der Waals surface area contributed by atoms with E-state index >= 15 is 0 Å². The summed E-state index contributed by atoms with van der Waals surface area (Å²) in [5, 5.41) is 0. The number of aromatic nitrogens is 2. The monoisotopic (exact) mass is 164 g/mol. The second kappa shape index (κ2) is 3.61. The van der Waals surface area contributed by atoms with Crippen LogP contribution in [-0.2, 0) is 4.79 Å². The molecule has 12 heavy (non-hydrogen) atoms. The lowest BCUT2D eigenvalue weighted by Gasteiger charge is -1.99. The summed E-state index contributed by atoms with van der Waals surface area (Å²) in [6.45, 7) is 5.01. The molecule has 0 fully saturated rings. The fourth-order valence-electron chi connectivity index (χ4n) is 0.521. The quantitative estimate of drug-likeness (QED) is 0.482. The Morgan fingerprint density at radius 1 is 1.67 bits per heavy atom. The van der Waals surface area contributed by atoms with Gasteiger partial charge < -0.3 is 4.74 Å². The van der Waals surface area contributed by atoms with E-state index in [0.717, 1.165) is 0 Å². The zero-order chi connectivity index (χ0) is 8.97. The molecule has 0 unspecified atom stereocenters. The topological polar surface area (TPSA) is 52.1 Å². The molecule has 0 saturated carbocycles. The minimum atomic E-state index is -0.478. The summed E-state index contributed by atoms with van der Waals surface area (Å²) in [7, 11) is 0. The maximum atomic E-state index is 10.9. The highest BCUT2D eigenvalue weighted by atomic mass is 16.5. The summed E-state index contributed by atoms with van der Waals surface area (Å²) < 4.78 is 4.79. The predicted molar refractivity (Wildman–Crippen MR) is 42.5 cm³/mol. The maximum absolute atomic E-state index is 10.9. The van der Waals surface area contributed by atoms with E-state index in [0.29, 0.717) is 5.57 Å². The Labute approximate surface area is 69.9 Å². The Balaban J connectivity index is 2.65. The number of esters is 1. The molecule has 0 aromatic carbocycles. The van der Waals surface area contributed by atoms with Crippen molar-refractivity contribution < 1.29 is 9.53 Å². The molecule has 1 heterocycles. The summed E-state index contributed by atoms with van der Waals surface area (Å²) >= 11 is 0. The van der Waals surface area contributed by atoms with E-state index in [4.69, 9.17) is 4.74 Å². The number of ether oxygens (including phenoxy) is 1. The molecule has 0 aliphatic heterocycles. The van der Waals surface area contributed by atoms with E-state index in [1.807, 2.05) is 0 Å². The van der Waals surface area contributed by atoms with Crippen LogP contribution < -0.4 is 4.74 Å². The van der Waals surface area contributed by atoms with Gasteiger partial charge in [0.05, 0.1) is 0 Å². The van der Waals surface area contributed by atoms with Crippen molar-refractivity contribution in [2.45, 2.75) is 6.92 Å². The minimum Gasteiger partial charge on any atom is -0.404 e. The van der Waals surface area contributed by atoms with Crippen molar-refractivity contribution in [1.29, 1.82) is 0 Å². The van der Waals surface area contributed by atoms with E-state index < -0.39 is 5.97 Å². The highest BCUT2D eigenvalue weighted by molar-refractivity contribution is 5.88. The standard InChI is InChI=1S/C8H8N2O2/c1-6(2)8(11)12-7-3-4-9-5-10-7/h3-5H,1H2,2H3. The first-order chi connectivity index (χ1) is 5.70. The largest absolute Gasteiger partial charge is 0.404 e. The number of hydrogen-bond acceptors (Lipinski definition) is 4. The van der Waals surface area contributed by atoms with Crippen LogP contribution >= 0.6 is 0 Å². The average Bonchev–Trinajstić information content (AvgIpc) is 2.06. The Morgan fingerprint density at radius 2 is 2.42 bits per heavy atom. The number of hydrogen-bond donors (Lipinski definition) is 0. The summed E-state index contributed by atoms with van der Waals surface area (Å²) in [4.78, 5) is 18.3. The van der Waals surface area contributed by atoms with Crippen molar-refractivity contribution in [2.75, 3.05) is 0 Å². The van der Waals surface area contributed by atoms with Crippen molar-refractivity contribution in [3.05, 3.63) is 30.7 Å². The summed E-state index contributed by atoms with van der Waals surface area (Å²) in [5.41, 5.74) is 0.341. The molecule has 0 atom stereocenters. The van der Waals surface area contributed by atoms with Crippen LogP contribution in [0.1, 0.15) is 6.92 Å². The zero-order valence-corrected chi connectivity index (χ0v) is 6.65. The first-order valence-corrected chi connectivity index (χ1v) is 3.34. The molecule has 0 aliphatic rings. The van der Waals surface area contributed by atoms with Gasteiger partial charge in [-0.2, -0.15) is 0 Å². The third-order valence-corrected chi connectivity index (χ3v) is 1.10. The normalized spacial score (nSPS) is 9.08. The SMILES string of the molecule is C=C(C)C(=O)Oc1ccncn1. The molecule has 1 rings (SSSR count). The first kappa shape index (κ1) is 8.39. The molecule has 1 aromatic rings. The van der Waals surface area contributed by atoms with E-state index in [-0.39, 0.29) is 5.88 Å². The fourth-order valence-corrected chi connectivity index (χ4v) is 0.521. The van der Waals surface area contributed by atoms with Gasteiger partial charge >= 0.3 is 5.97 Å². The molecular formula is C8H8N2O2. The highest BCUT2D eigenvalue weighted by Crippen LogP contribution is 2.03. The third kappa shape index (κ3) is 2.16. The van der Waals surface area contributed by atoms with Gasteiger partial charge in [-0.3, -0.25) is 0 Å². The van der Waals surface area contributed by atoms with Crippen molar-refractivity contribution in [2.24, 2.45) is 0 Å². The van der Waals surface area contributed by atoms with Crippen LogP contribution in [0, 0.1) is 0 Å². The van der Waals surface area contributed by atoms with Crippen LogP contribution in [0.3, 0.4) is 0 Å². The van der Waals surface area contributed by atoms with Crippen LogP contribution in [-0.4, -0.2) is 15.9 Å². The highest BCUT2D eigenvalue weighted by Gasteiger charge is 2.04. The van der Waals surface area contributed by atoms with Crippen molar-refractivity contribution >= 4 is 5.97 Å². The van der Waals surface area contributed by atoms with Gasteiger partial charge in [0.15, 0.2) is 0 Å². The molecule has 62 valence electrons. The molecule has 4 nitrogen and oxygen atoms in total. The number of rotatable bonds is 2. The van der Waals surface area contributed by atoms with Crippen LogP contribution in [0.4, 0.5) is 0 Å². The first-order valence-electron chi connectivity index (χ1n) is 3.34. The second-order valence-corrected chi connectivity index (χ2v) is 2.22. The minimum absolute atomic E-state index is 0.234. The lowest BCUT2D eigenvalue weighted by atomic mass is 10.4. The molecule has 0 spiro atoms. The number of carbonyl (C=O) groups excluding carboxylic acids is 1. The van der Waals surface area contributed by atoms with Crippen molar-refractivity contribution in [1.82, 2.24) is 9.97 Å². The van der Waals surface area contributed by atoms with E-state index in [9.17, 15) is 4.79 Å². The smallest absolute Gasteiger partial charge is 0.339 e. The maximum Gasteiger partial charge on any atom is 0.339 e. The number of nitrogens with zero attached hydrogens (tertiary/aromatic N) is 2. The van der Waals surface area contributed by atoms with E-state index in [1.54, 1.807) is 6.92 Å². The summed E-state index contributed by atoms with van der Waals surface area (Å²) in [5.74, 6) is -0.244. The predicted octanol–water partition coefficient (Wildman–Crippen LogP) is 0.958. The Morgan fingerprint density at radius 3 is 2.92 bits per heavy atom. The lowest BCUT2D eigenvalue weighted by Crippen LogP contribution is -2.09. The van der Waals surface area contributed by atoms with Gasteiger partial charge in [0.2, 0.25) is 5.88 Å². The molecule has 0 N–H and O–H groups in total. The van der Waals surface area contributed by atoms with Gasteiger partial charge in [-0.25, -0.2) is 14.8 Å². The zero-order valence-electron chi connectivity index (χ0n) is 6.65. The van der Waals surface area contributed by atoms with Crippen LogP contribution in [0.5, 0.6) is 5.88 Å². The van der Waals surface area contributed by atoms with Crippen LogP contribution in [0.25, 0.3) is 0 Å². The van der Waals surface area contributed by atoms with Gasteiger partial charge in [-0.15, -0.1) is 0 Å². The molecule has 1 aromatic heterocycles. The van der Waals surface area contributed by atoms with Gasteiger partial charge in [0.1, 0.15) is 6.33 Å². The van der Waals surface area contributed by atoms with Crippen molar-refractivity contribution in [3.8, 4) is 5.88 Å². The lowest BCUT2D eigenvalue weighted by molar-refractivity contribution is -0.130. The summed E-state index contributed by atoms with van der Waals surface area (Å²) in [6, 6.07) is 1.50. The molecule has 0 radical (unpaired) electrons. The second-order valence-electron chi connectivity index (χ2n) is 2.22. The summed E-state index contributed by atoms with van der Waals surface area (Å²) in [6.07, 6.45) is 2.80. The molecule has 0 bridgehead atoms. The fraction of sp³-hybridized carbons (Fsp3) is 0.125. The Kier molecular flexibility index (Phi) is 2.53. The molecule has 0 aliphatic carbocycles. The van der Waals surface area contributed by atoms with Gasteiger partial charge in [-0.1, -0.05) is 6.58 Å². The third-order valence-electron chi connectivity index (χ3n) is 1.10. The van der Waals surface area contributed by atoms with Gasteiger partial charge in [-0.05, 0) is 6.92 Å². The van der Waals surface area contributed by atoms with E-state index in [2.05, 4.69) is 16.5 Å². The number of carbonyl (C=O) groups is 1. The van der Waals surface area contributed by atoms with Gasteiger partial charge in [0.25, 0.3) is 0 Å². The molecule has 4 heteroatoms. The Bertz CT molecular complexity index is 295. The molecule has 0 saturated heterocycles. The average molecular weight is 164 g/mol. The molecular weight excluding hydrogens is 156 g/mol. The van der Waals surface area contributed by atoms with E-state index in [1.165, 1.54) is 18.6 Å². The van der Waals surface area contributed by atoms with Crippen LogP contribution in [0.15, 0.2) is 30.7 Å².